The van der Waals surface area contributed by atoms with Crippen molar-refractivity contribution in [3.05, 3.63) is 106 Å². The van der Waals surface area contributed by atoms with E-state index in [1.165, 1.54) is 9.80 Å². The van der Waals surface area contributed by atoms with Crippen molar-refractivity contribution >= 4 is 79.8 Å². The molecule has 262 valence electrons. The van der Waals surface area contributed by atoms with Crippen molar-refractivity contribution in [1.29, 1.82) is 0 Å². The minimum atomic E-state index is -1.25. The molecule has 9 rings (SSSR count). The average Bonchev–Trinajstić information content (AvgIpc) is 3.79. The fourth-order valence-corrected chi connectivity index (χ4v) is 10.8. The van der Waals surface area contributed by atoms with Crippen LogP contribution >= 0.6 is 34.5 Å². The van der Waals surface area contributed by atoms with E-state index >= 15 is 0 Å². The first-order chi connectivity index (χ1) is 24.9. The van der Waals surface area contributed by atoms with Gasteiger partial charge in [0, 0.05) is 33.8 Å². The summed E-state index contributed by atoms with van der Waals surface area (Å²) in [5, 5.41) is 17.6. The van der Waals surface area contributed by atoms with Gasteiger partial charge in [-0.1, -0.05) is 47.0 Å². The summed E-state index contributed by atoms with van der Waals surface area (Å²) in [6.45, 7) is 3.83. The van der Waals surface area contributed by atoms with Crippen molar-refractivity contribution in [3.63, 3.8) is 0 Å². The second-order valence-corrected chi connectivity index (χ2v) is 16.4. The molecule has 0 spiro atoms. The van der Waals surface area contributed by atoms with E-state index in [0.29, 0.717) is 39.2 Å². The molecule has 1 saturated carbocycles. The van der Waals surface area contributed by atoms with Crippen molar-refractivity contribution in [3.8, 4) is 16.3 Å². The number of halogens is 2. The number of allylic oxidation sites excluding steroid dienone is 2. The van der Waals surface area contributed by atoms with Crippen LogP contribution in [-0.4, -0.2) is 38.5 Å². The van der Waals surface area contributed by atoms with E-state index in [-0.39, 0.29) is 35.8 Å². The summed E-state index contributed by atoms with van der Waals surface area (Å²) >= 11 is 14.0. The number of amides is 4. The number of benzene rings is 3. The van der Waals surface area contributed by atoms with Crippen molar-refractivity contribution < 1.29 is 24.3 Å². The quantitative estimate of drug-likeness (QED) is 0.147. The number of aromatic hydroxyl groups is 1. The van der Waals surface area contributed by atoms with Gasteiger partial charge >= 0.3 is 0 Å². The molecule has 1 N–H and O–H groups in total. The highest BCUT2D eigenvalue weighted by Gasteiger charge is 2.68. The lowest BCUT2D eigenvalue weighted by atomic mass is 9.51. The number of imide groups is 2. The van der Waals surface area contributed by atoms with Gasteiger partial charge in [-0.3, -0.25) is 28.8 Å². The summed E-state index contributed by atoms with van der Waals surface area (Å²) in [5.74, 6) is -4.23. The monoisotopic (exact) mass is 750 g/mol. The molecule has 6 atom stereocenters. The zero-order chi connectivity index (χ0) is 36.4. The zero-order valence-electron chi connectivity index (χ0n) is 28.3. The summed E-state index contributed by atoms with van der Waals surface area (Å²) < 4.78 is 2.62. The number of hydrogen-bond acceptors (Lipinski definition) is 7. The molecule has 3 fully saturated rings. The Labute approximate surface area is 313 Å². The fraction of sp³-hybridized carbons (Fsp3) is 0.275. The molecule has 2 aromatic heterocycles. The number of anilines is 2. The van der Waals surface area contributed by atoms with Gasteiger partial charge in [-0.05, 0) is 104 Å². The van der Waals surface area contributed by atoms with E-state index in [9.17, 15) is 24.3 Å². The number of thiophene rings is 1. The number of phenolic OH excluding ortho intramolecular Hbond substituents is 1. The smallest absolute Gasteiger partial charge is 0.242 e. The fourth-order valence-electron chi connectivity index (χ4n) is 9.38. The van der Waals surface area contributed by atoms with E-state index in [2.05, 4.69) is 0 Å². The van der Waals surface area contributed by atoms with Gasteiger partial charge in [-0.15, -0.1) is 11.3 Å². The number of carbonyl (C=O) groups excluding carboxylic acids is 4. The molecule has 0 unspecified atom stereocenters. The van der Waals surface area contributed by atoms with Crippen LogP contribution in [0.15, 0.2) is 84.4 Å². The third-order valence-corrected chi connectivity index (χ3v) is 13.6. The van der Waals surface area contributed by atoms with Crippen LogP contribution in [-0.2, 0) is 26.2 Å². The molecule has 3 aromatic carbocycles. The van der Waals surface area contributed by atoms with Gasteiger partial charge in [-0.2, -0.15) is 5.10 Å². The van der Waals surface area contributed by atoms with Crippen molar-refractivity contribution in [1.82, 2.24) is 9.78 Å². The zero-order valence-corrected chi connectivity index (χ0v) is 30.7. The summed E-state index contributed by atoms with van der Waals surface area (Å²) in [6, 6.07) is 20.9. The van der Waals surface area contributed by atoms with Crippen molar-refractivity contribution in [2.45, 2.75) is 32.6 Å². The summed E-state index contributed by atoms with van der Waals surface area (Å²) in [4.78, 5) is 61.4. The molecule has 0 radical (unpaired) electrons. The van der Waals surface area contributed by atoms with Gasteiger partial charge in [0.15, 0.2) is 0 Å². The minimum Gasteiger partial charge on any atom is -0.508 e. The number of aromatic nitrogens is 2. The van der Waals surface area contributed by atoms with Crippen LogP contribution in [0.4, 0.5) is 11.5 Å². The predicted molar refractivity (Wildman–Crippen MR) is 200 cm³/mol. The highest BCUT2D eigenvalue weighted by molar-refractivity contribution is 7.22. The second-order valence-electron chi connectivity index (χ2n) is 14.5. The topological polar surface area (TPSA) is 113 Å². The van der Waals surface area contributed by atoms with Gasteiger partial charge in [0.2, 0.25) is 23.6 Å². The van der Waals surface area contributed by atoms with Gasteiger partial charge in [0.05, 0.1) is 33.7 Å². The number of nitrogens with zero attached hydrogens (tertiary/aromatic N) is 4. The molecule has 4 amide bonds. The van der Waals surface area contributed by atoms with E-state index in [1.807, 2.05) is 44.2 Å². The molecule has 52 heavy (non-hydrogen) atoms. The Kier molecular flexibility index (Phi) is 7.39. The first-order valence-corrected chi connectivity index (χ1v) is 18.7. The van der Waals surface area contributed by atoms with Gasteiger partial charge in [-0.25, -0.2) is 4.90 Å². The van der Waals surface area contributed by atoms with E-state index in [0.717, 1.165) is 26.1 Å². The maximum atomic E-state index is 15.0. The SMILES string of the molecule is Cc1c(-c2cc(N3C(=O)[C@@H]4C[C@@H]5C(=CC[C@@H]6C(=O)N(c7ccc(Cl)cc7)C(=O)[C@@H]65)[C@H](c5cccc(O)c5)[C@]4(C)C3=O)n(C)n2)sc2ccc(Cl)cc12. The molecule has 4 heterocycles. The van der Waals surface area contributed by atoms with Crippen LogP contribution in [0.1, 0.15) is 36.8 Å². The van der Waals surface area contributed by atoms with Crippen molar-refractivity contribution in [2.75, 3.05) is 9.80 Å². The Morgan fingerprint density at radius 2 is 1.63 bits per heavy atom. The van der Waals surface area contributed by atoms with E-state index < -0.39 is 35.0 Å². The third-order valence-electron chi connectivity index (χ3n) is 11.8. The molecular weight excluding hydrogens is 719 g/mol. The van der Waals surface area contributed by atoms with Gasteiger partial charge in [0.1, 0.15) is 17.3 Å². The predicted octanol–water partition coefficient (Wildman–Crippen LogP) is 8.06. The molecule has 2 aliphatic heterocycles. The van der Waals surface area contributed by atoms with Gasteiger partial charge in [0.25, 0.3) is 0 Å². The third kappa shape index (κ3) is 4.56. The molecule has 9 nitrogen and oxygen atoms in total. The highest BCUT2D eigenvalue weighted by atomic mass is 35.5. The number of carbonyl (C=O) groups is 4. The Balaban J connectivity index is 1.14. The normalized spacial score (nSPS) is 26.9. The maximum Gasteiger partial charge on any atom is 0.242 e. The standard InChI is InChI=1S/C40H32Cl2N4O5S/c1-19-27-16-22(42)9-14-31(27)52-35(19)30-18-32(44(3)43-30)46-37(49)29-17-28-25(34(40(29,2)39(46)51)20-5-4-6-24(47)15-20)12-13-26-33(28)38(50)45(36(26)48)23-10-7-21(41)8-11-23/h4-12,14-16,18,26,28-29,33-34,47H,13,17H2,1-3H3/t26-,28+,29-,33-,34-,40+/m0/s1. The lowest BCUT2D eigenvalue weighted by molar-refractivity contribution is -0.131. The Morgan fingerprint density at radius 3 is 2.38 bits per heavy atom. The largest absolute Gasteiger partial charge is 0.508 e. The van der Waals surface area contributed by atoms with Crippen molar-refractivity contribution in [2.24, 2.45) is 36.1 Å². The summed E-state index contributed by atoms with van der Waals surface area (Å²) in [7, 11) is 1.72. The van der Waals surface area contributed by atoms with Gasteiger partial charge < -0.3 is 5.11 Å². The van der Waals surface area contributed by atoms with E-state index in [4.69, 9.17) is 28.3 Å². The Morgan fingerprint density at radius 1 is 0.885 bits per heavy atom. The molecule has 0 bridgehead atoms. The first-order valence-electron chi connectivity index (χ1n) is 17.1. The molecule has 5 aromatic rings. The first kappa shape index (κ1) is 33.1. The Hall–Kier alpha value is -4.77. The molecular formula is C40H32Cl2N4O5S. The van der Waals surface area contributed by atoms with Crippen LogP contribution in [0.2, 0.25) is 10.0 Å². The number of phenols is 1. The number of fused-ring (bicyclic) bond motifs is 5. The van der Waals surface area contributed by atoms with Crippen LogP contribution in [0, 0.1) is 36.0 Å². The Bertz CT molecular complexity index is 2440. The molecule has 4 aliphatic rings. The molecule has 12 heteroatoms. The second kappa shape index (κ2) is 11.6. The number of rotatable bonds is 4. The van der Waals surface area contributed by atoms with Crippen LogP contribution < -0.4 is 9.80 Å². The maximum absolute atomic E-state index is 15.0. The van der Waals surface area contributed by atoms with Crippen LogP contribution in [0.25, 0.3) is 20.7 Å². The lowest BCUT2D eigenvalue weighted by Gasteiger charge is -2.49. The average molecular weight is 752 g/mol. The minimum absolute atomic E-state index is 0.0278. The summed E-state index contributed by atoms with van der Waals surface area (Å²) in [5.41, 5.74) is 2.34. The molecule has 2 aliphatic carbocycles. The van der Waals surface area contributed by atoms with Crippen LogP contribution in [0.3, 0.4) is 0 Å². The van der Waals surface area contributed by atoms with Crippen LogP contribution in [0.5, 0.6) is 5.75 Å². The number of aryl methyl sites for hydroxylation is 2. The lowest BCUT2D eigenvalue weighted by Crippen LogP contribution is -2.48. The number of hydrogen-bond donors (Lipinski definition) is 1. The molecule has 2 saturated heterocycles. The highest BCUT2D eigenvalue weighted by Crippen LogP contribution is 2.64. The van der Waals surface area contributed by atoms with E-state index in [1.54, 1.807) is 71.6 Å². The summed E-state index contributed by atoms with van der Waals surface area (Å²) in [6.07, 6.45) is 2.53.